The Morgan fingerprint density at radius 1 is 1.29 bits per heavy atom. The van der Waals surface area contributed by atoms with E-state index in [0.717, 1.165) is 24.2 Å². The fraction of sp³-hybridized carbons (Fsp3) is 0.450. The second-order valence-electron chi connectivity index (χ2n) is 6.68. The molecule has 1 aromatic heterocycles. The van der Waals surface area contributed by atoms with Crippen LogP contribution in [0.5, 0.6) is 0 Å². The number of urea groups is 1. The number of nitrogens with zero attached hydrogens (tertiary/aromatic N) is 2. The van der Waals surface area contributed by atoms with E-state index in [4.69, 9.17) is 16.3 Å². The van der Waals surface area contributed by atoms with Gasteiger partial charge in [0.15, 0.2) is 0 Å². The summed E-state index contributed by atoms with van der Waals surface area (Å²) >= 11 is 7.64. The first-order chi connectivity index (χ1) is 13.7. The third kappa shape index (κ3) is 5.93. The van der Waals surface area contributed by atoms with Gasteiger partial charge >= 0.3 is 6.03 Å². The number of ether oxygens (including phenoxy) is 1. The summed E-state index contributed by atoms with van der Waals surface area (Å²) < 4.78 is 5.47. The molecule has 2 aromatic rings. The molecule has 1 atom stereocenters. The molecular weight excluding hydrogens is 398 g/mol. The van der Waals surface area contributed by atoms with Gasteiger partial charge in [-0.2, -0.15) is 11.3 Å². The molecule has 0 saturated carbocycles. The molecule has 0 spiro atoms. The number of carbonyl (C=O) groups excluding carboxylic acids is 1. The Morgan fingerprint density at radius 2 is 2.04 bits per heavy atom. The molecule has 0 radical (unpaired) electrons. The highest BCUT2D eigenvalue weighted by Gasteiger charge is 2.24. The minimum atomic E-state index is -0.174. The Morgan fingerprint density at radius 3 is 2.68 bits per heavy atom. The van der Waals surface area contributed by atoms with Gasteiger partial charge in [0, 0.05) is 37.7 Å². The highest BCUT2D eigenvalue weighted by Crippen LogP contribution is 2.23. The molecule has 2 N–H and O–H groups in total. The van der Waals surface area contributed by atoms with Gasteiger partial charge in [-0.15, -0.1) is 0 Å². The lowest BCUT2D eigenvalue weighted by atomic mass is 10.0. The third-order valence-corrected chi connectivity index (χ3v) is 5.78. The lowest BCUT2D eigenvalue weighted by molar-refractivity contribution is 0.0164. The summed E-state index contributed by atoms with van der Waals surface area (Å²) in [7, 11) is 0. The minimum Gasteiger partial charge on any atom is -0.395 e. The fourth-order valence-corrected chi connectivity index (χ4v) is 4.09. The van der Waals surface area contributed by atoms with Gasteiger partial charge in [-0.1, -0.05) is 23.7 Å². The largest absolute Gasteiger partial charge is 0.395 e. The molecule has 2 heterocycles. The second kappa shape index (κ2) is 10.8. The van der Waals surface area contributed by atoms with Crippen molar-refractivity contribution in [1.29, 1.82) is 0 Å². The smallest absolute Gasteiger partial charge is 0.317 e. The summed E-state index contributed by atoms with van der Waals surface area (Å²) in [6, 6.07) is 9.63. The van der Waals surface area contributed by atoms with E-state index >= 15 is 0 Å². The van der Waals surface area contributed by atoms with Crippen molar-refractivity contribution in [3.8, 4) is 0 Å². The fourth-order valence-electron chi connectivity index (χ4n) is 3.30. The number of aliphatic hydroxyl groups excluding tert-OH is 1. The van der Waals surface area contributed by atoms with Crippen LogP contribution >= 0.6 is 22.9 Å². The Hall–Kier alpha value is -1.64. The zero-order chi connectivity index (χ0) is 19.8. The quantitative estimate of drug-likeness (QED) is 0.685. The van der Waals surface area contributed by atoms with Crippen molar-refractivity contribution < 1.29 is 14.6 Å². The molecule has 1 saturated heterocycles. The van der Waals surface area contributed by atoms with Gasteiger partial charge in [0.05, 0.1) is 25.9 Å². The van der Waals surface area contributed by atoms with Crippen molar-refractivity contribution in [2.75, 3.05) is 46.0 Å². The molecule has 0 bridgehead atoms. The van der Waals surface area contributed by atoms with Crippen LogP contribution in [0, 0.1) is 0 Å². The molecule has 8 heteroatoms. The highest BCUT2D eigenvalue weighted by molar-refractivity contribution is 7.07. The lowest BCUT2D eigenvalue weighted by Gasteiger charge is -2.35. The first kappa shape index (κ1) is 21.1. The molecule has 1 aliphatic heterocycles. The van der Waals surface area contributed by atoms with Crippen molar-refractivity contribution >= 4 is 29.0 Å². The first-order valence-corrected chi connectivity index (χ1v) is 10.7. The maximum Gasteiger partial charge on any atom is 0.317 e. The van der Waals surface area contributed by atoms with Crippen molar-refractivity contribution in [3.63, 3.8) is 0 Å². The number of hydrogen-bond donors (Lipinski definition) is 2. The Balaban J connectivity index is 1.66. The number of benzene rings is 1. The van der Waals surface area contributed by atoms with Crippen molar-refractivity contribution in [2.45, 2.75) is 12.6 Å². The molecule has 3 rings (SSSR count). The molecule has 1 unspecified atom stereocenters. The van der Waals surface area contributed by atoms with E-state index in [1.807, 2.05) is 41.1 Å². The number of carbonyl (C=O) groups is 1. The van der Waals surface area contributed by atoms with Crippen LogP contribution in [0.15, 0.2) is 41.1 Å². The van der Waals surface area contributed by atoms with Crippen LogP contribution in [0.1, 0.15) is 17.2 Å². The van der Waals surface area contributed by atoms with Gasteiger partial charge in [0.2, 0.25) is 0 Å². The molecule has 1 aliphatic rings. The molecule has 2 amide bonds. The van der Waals surface area contributed by atoms with E-state index in [1.54, 1.807) is 16.2 Å². The van der Waals surface area contributed by atoms with Gasteiger partial charge in [-0.25, -0.2) is 4.79 Å². The third-order valence-electron chi connectivity index (χ3n) is 4.80. The number of morpholine rings is 1. The summed E-state index contributed by atoms with van der Waals surface area (Å²) in [5, 5.41) is 17.1. The highest BCUT2D eigenvalue weighted by atomic mass is 35.5. The predicted molar refractivity (Wildman–Crippen MR) is 112 cm³/mol. The van der Waals surface area contributed by atoms with Crippen LogP contribution in [-0.2, 0) is 11.3 Å². The van der Waals surface area contributed by atoms with Gasteiger partial charge in [-0.3, -0.25) is 4.90 Å². The number of halogens is 1. The van der Waals surface area contributed by atoms with E-state index in [-0.39, 0.29) is 18.7 Å². The van der Waals surface area contributed by atoms with E-state index in [9.17, 15) is 9.90 Å². The number of thiophene rings is 1. The first-order valence-electron chi connectivity index (χ1n) is 9.39. The molecule has 0 aliphatic carbocycles. The van der Waals surface area contributed by atoms with Gasteiger partial charge in [-0.05, 0) is 40.1 Å². The van der Waals surface area contributed by atoms with Crippen molar-refractivity contribution in [1.82, 2.24) is 15.1 Å². The molecule has 28 heavy (non-hydrogen) atoms. The van der Waals surface area contributed by atoms with Crippen molar-refractivity contribution in [2.24, 2.45) is 0 Å². The number of aliphatic hydroxyl groups is 1. The zero-order valence-electron chi connectivity index (χ0n) is 15.7. The summed E-state index contributed by atoms with van der Waals surface area (Å²) in [6.07, 6.45) is 0. The zero-order valence-corrected chi connectivity index (χ0v) is 17.3. The van der Waals surface area contributed by atoms with E-state index < -0.39 is 0 Å². The normalized spacial score (nSPS) is 15.9. The standard InChI is InChI=1S/C20H26ClN3O3S/c21-18-3-1-17(2-4-18)19(23-7-10-27-11-8-23)13-22-20(26)24(6-9-25)14-16-5-12-28-15-16/h1-5,12,15,19,25H,6-11,13-14H2,(H,22,26). The van der Waals surface area contributed by atoms with Crippen LogP contribution in [-0.4, -0.2) is 66.9 Å². The average Bonchev–Trinajstić information content (AvgIpc) is 3.23. The van der Waals surface area contributed by atoms with E-state index in [2.05, 4.69) is 10.2 Å². The average molecular weight is 424 g/mol. The van der Waals surface area contributed by atoms with Crippen molar-refractivity contribution in [3.05, 3.63) is 57.2 Å². The molecule has 6 nitrogen and oxygen atoms in total. The predicted octanol–water partition coefficient (Wildman–Crippen LogP) is 2.98. The van der Waals surface area contributed by atoms with Crippen LogP contribution in [0.25, 0.3) is 0 Å². The minimum absolute atomic E-state index is 0.0437. The van der Waals surface area contributed by atoms with E-state index in [0.29, 0.717) is 37.9 Å². The Bertz CT molecular complexity index is 721. The molecular formula is C20H26ClN3O3S. The second-order valence-corrected chi connectivity index (χ2v) is 7.89. The lowest BCUT2D eigenvalue weighted by Crippen LogP contribution is -2.47. The maximum absolute atomic E-state index is 12.8. The maximum atomic E-state index is 12.8. The number of rotatable bonds is 8. The number of nitrogens with one attached hydrogen (secondary N) is 1. The van der Waals surface area contributed by atoms with Crippen LogP contribution in [0.3, 0.4) is 0 Å². The summed E-state index contributed by atoms with van der Waals surface area (Å²) in [6.45, 7) is 4.20. The number of hydrogen-bond acceptors (Lipinski definition) is 5. The van der Waals surface area contributed by atoms with Crippen LogP contribution in [0.4, 0.5) is 4.79 Å². The summed E-state index contributed by atoms with van der Waals surface area (Å²) in [5.74, 6) is 0. The van der Waals surface area contributed by atoms with Gasteiger partial charge in [0.25, 0.3) is 0 Å². The van der Waals surface area contributed by atoms with Crippen LogP contribution in [0.2, 0.25) is 5.02 Å². The molecule has 1 aromatic carbocycles. The summed E-state index contributed by atoms with van der Waals surface area (Å²) in [5.41, 5.74) is 2.18. The van der Waals surface area contributed by atoms with Crippen LogP contribution < -0.4 is 5.32 Å². The monoisotopic (exact) mass is 423 g/mol. The molecule has 152 valence electrons. The van der Waals surface area contributed by atoms with Gasteiger partial charge in [0.1, 0.15) is 0 Å². The Labute approximate surface area is 174 Å². The SMILES string of the molecule is O=C(NCC(c1ccc(Cl)cc1)N1CCOCC1)N(CCO)Cc1ccsc1. The van der Waals surface area contributed by atoms with Gasteiger partial charge < -0.3 is 20.1 Å². The topological polar surface area (TPSA) is 65.0 Å². The number of amides is 2. The Kier molecular flexibility index (Phi) is 8.12. The summed E-state index contributed by atoms with van der Waals surface area (Å²) in [4.78, 5) is 16.7. The van der Waals surface area contributed by atoms with E-state index in [1.165, 1.54) is 0 Å². The molecule has 1 fully saturated rings.